The van der Waals surface area contributed by atoms with E-state index in [1.807, 2.05) is 12.3 Å². The highest BCUT2D eigenvalue weighted by molar-refractivity contribution is 7.09. The second-order valence-corrected chi connectivity index (χ2v) is 3.96. The molecule has 0 spiro atoms. The molecule has 6 heteroatoms. The summed E-state index contributed by atoms with van der Waals surface area (Å²) in [5, 5.41) is 2.82. The van der Waals surface area contributed by atoms with Gasteiger partial charge in [-0.2, -0.15) is 0 Å². The van der Waals surface area contributed by atoms with Crippen LogP contribution in [-0.2, 0) is 20.8 Å². The van der Waals surface area contributed by atoms with Crippen LogP contribution < -0.4 is 5.48 Å². The van der Waals surface area contributed by atoms with Crippen molar-refractivity contribution in [3.63, 3.8) is 0 Å². The molecule has 1 aromatic rings. The van der Waals surface area contributed by atoms with Crippen LogP contribution in [0.5, 0.6) is 0 Å². The van der Waals surface area contributed by atoms with Gasteiger partial charge in [0.2, 0.25) is 5.91 Å². The molecule has 0 aliphatic carbocycles. The molecular formula is C9H14N2O3S. The van der Waals surface area contributed by atoms with Crippen molar-refractivity contribution in [3.05, 3.63) is 16.1 Å². The molecule has 0 aliphatic rings. The summed E-state index contributed by atoms with van der Waals surface area (Å²) in [4.78, 5) is 20.3. The zero-order valence-corrected chi connectivity index (χ0v) is 9.60. The fourth-order valence-electron chi connectivity index (χ4n) is 0.947. The molecule has 1 N–H and O–H groups in total. The highest BCUT2D eigenvalue weighted by Crippen LogP contribution is 2.07. The van der Waals surface area contributed by atoms with Gasteiger partial charge < -0.3 is 4.74 Å². The summed E-state index contributed by atoms with van der Waals surface area (Å²) < 4.78 is 4.76. The van der Waals surface area contributed by atoms with Gasteiger partial charge in [0.15, 0.2) is 0 Å². The maximum absolute atomic E-state index is 11.3. The number of aromatic nitrogens is 1. The van der Waals surface area contributed by atoms with Crippen molar-refractivity contribution in [3.8, 4) is 0 Å². The Balaban J connectivity index is 2.18. The van der Waals surface area contributed by atoms with Gasteiger partial charge in [0.05, 0.1) is 30.3 Å². The Kier molecular flexibility index (Phi) is 5.23. The van der Waals surface area contributed by atoms with Crippen molar-refractivity contribution in [2.24, 2.45) is 0 Å². The molecule has 0 bridgehead atoms. The summed E-state index contributed by atoms with van der Waals surface area (Å²) in [5.41, 5.74) is 3.09. The number of hydroxylamine groups is 1. The van der Waals surface area contributed by atoms with Crippen LogP contribution >= 0.6 is 11.3 Å². The number of aryl methyl sites for hydroxylation is 1. The van der Waals surface area contributed by atoms with E-state index < -0.39 is 0 Å². The Morgan fingerprint density at radius 3 is 3.00 bits per heavy atom. The number of amides is 1. The number of hydrogen-bond donors (Lipinski definition) is 1. The normalized spacial score (nSPS) is 10.3. The lowest BCUT2D eigenvalue weighted by Gasteiger charge is -2.03. The zero-order chi connectivity index (χ0) is 11.1. The van der Waals surface area contributed by atoms with E-state index in [4.69, 9.17) is 9.57 Å². The average Bonchev–Trinajstić information content (AvgIpc) is 2.59. The third-order valence-corrected chi connectivity index (χ3v) is 2.41. The highest BCUT2D eigenvalue weighted by Gasteiger charge is 2.05. The Morgan fingerprint density at radius 1 is 1.60 bits per heavy atom. The molecule has 1 aromatic heterocycles. The van der Waals surface area contributed by atoms with Crippen LogP contribution in [0.2, 0.25) is 0 Å². The number of rotatable bonds is 6. The van der Waals surface area contributed by atoms with Crippen LogP contribution in [0.25, 0.3) is 0 Å². The predicted molar refractivity (Wildman–Crippen MR) is 56.5 cm³/mol. The molecule has 1 rings (SSSR count). The van der Waals surface area contributed by atoms with E-state index in [0.717, 1.165) is 10.7 Å². The third kappa shape index (κ3) is 4.87. The molecule has 0 aromatic carbocycles. The maximum atomic E-state index is 11.3. The number of nitrogens with zero attached hydrogens (tertiary/aromatic N) is 1. The van der Waals surface area contributed by atoms with E-state index >= 15 is 0 Å². The second kappa shape index (κ2) is 6.49. The number of nitrogens with one attached hydrogen (secondary N) is 1. The smallest absolute Gasteiger partial charge is 0.249 e. The Hall–Kier alpha value is -0.980. The molecule has 0 atom stereocenters. The van der Waals surface area contributed by atoms with Crippen molar-refractivity contribution in [1.82, 2.24) is 10.5 Å². The van der Waals surface area contributed by atoms with Crippen molar-refractivity contribution in [2.75, 3.05) is 20.3 Å². The van der Waals surface area contributed by atoms with Gasteiger partial charge in [0.25, 0.3) is 0 Å². The van der Waals surface area contributed by atoms with E-state index in [1.165, 1.54) is 11.3 Å². The van der Waals surface area contributed by atoms with E-state index in [0.29, 0.717) is 13.2 Å². The van der Waals surface area contributed by atoms with Gasteiger partial charge in [-0.15, -0.1) is 11.3 Å². The quantitative estimate of drug-likeness (QED) is 0.577. The summed E-state index contributed by atoms with van der Waals surface area (Å²) in [6, 6.07) is 0. The molecule has 0 saturated heterocycles. The summed E-state index contributed by atoms with van der Waals surface area (Å²) in [6.45, 7) is 2.70. The van der Waals surface area contributed by atoms with Gasteiger partial charge in [-0.1, -0.05) is 0 Å². The second-order valence-electron chi connectivity index (χ2n) is 2.90. The first-order valence-electron chi connectivity index (χ1n) is 4.53. The molecule has 0 saturated carbocycles. The average molecular weight is 230 g/mol. The molecule has 15 heavy (non-hydrogen) atoms. The predicted octanol–water partition coefficient (Wildman–Crippen LogP) is 0.688. The molecular weight excluding hydrogens is 216 g/mol. The number of carbonyl (C=O) groups excluding carboxylic acids is 1. The van der Waals surface area contributed by atoms with Crippen LogP contribution in [0.15, 0.2) is 5.38 Å². The molecule has 1 amide bonds. The lowest BCUT2D eigenvalue weighted by molar-refractivity contribution is -0.133. The minimum absolute atomic E-state index is 0.198. The van der Waals surface area contributed by atoms with Crippen molar-refractivity contribution in [2.45, 2.75) is 13.3 Å². The van der Waals surface area contributed by atoms with Crippen molar-refractivity contribution >= 4 is 17.2 Å². The van der Waals surface area contributed by atoms with Gasteiger partial charge >= 0.3 is 0 Å². The summed E-state index contributed by atoms with van der Waals surface area (Å²) in [5.74, 6) is -0.198. The maximum Gasteiger partial charge on any atom is 0.249 e. The SMILES string of the molecule is COCCONC(=O)Cc1csc(C)n1. The molecule has 1 heterocycles. The number of carbonyl (C=O) groups is 1. The minimum atomic E-state index is -0.198. The Labute approximate surface area is 92.4 Å². The Morgan fingerprint density at radius 2 is 2.40 bits per heavy atom. The van der Waals surface area contributed by atoms with Crippen molar-refractivity contribution < 1.29 is 14.4 Å². The summed E-state index contributed by atoms with van der Waals surface area (Å²) >= 11 is 1.53. The van der Waals surface area contributed by atoms with E-state index in [-0.39, 0.29) is 12.3 Å². The Bertz CT molecular complexity index is 314. The summed E-state index contributed by atoms with van der Waals surface area (Å²) in [6.07, 6.45) is 0.247. The topological polar surface area (TPSA) is 60.5 Å². The first-order valence-corrected chi connectivity index (χ1v) is 5.41. The van der Waals surface area contributed by atoms with Gasteiger partial charge in [0.1, 0.15) is 0 Å². The van der Waals surface area contributed by atoms with Gasteiger partial charge in [-0.25, -0.2) is 10.5 Å². The standard InChI is InChI=1S/C9H14N2O3S/c1-7-10-8(6-15-7)5-9(12)11-14-4-3-13-2/h6H,3-5H2,1-2H3,(H,11,12). The third-order valence-electron chi connectivity index (χ3n) is 1.58. The van der Waals surface area contributed by atoms with E-state index in [9.17, 15) is 4.79 Å². The number of thiazole rings is 1. The van der Waals surface area contributed by atoms with Gasteiger partial charge in [0, 0.05) is 12.5 Å². The minimum Gasteiger partial charge on any atom is -0.382 e. The number of methoxy groups -OCH3 is 1. The fraction of sp³-hybridized carbons (Fsp3) is 0.556. The number of ether oxygens (including phenoxy) is 1. The van der Waals surface area contributed by atoms with Crippen LogP contribution in [0, 0.1) is 6.92 Å². The summed E-state index contributed by atoms with van der Waals surface area (Å²) in [7, 11) is 1.57. The van der Waals surface area contributed by atoms with Gasteiger partial charge in [-0.3, -0.25) is 9.63 Å². The van der Waals surface area contributed by atoms with E-state index in [2.05, 4.69) is 10.5 Å². The zero-order valence-electron chi connectivity index (χ0n) is 8.78. The molecule has 0 unspecified atom stereocenters. The van der Waals surface area contributed by atoms with Crippen LogP contribution in [0.1, 0.15) is 10.7 Å². The lowest BCUT2D eigenvalue weighted by atomic mass is 10.3. The van der Waals surface area contributed by atoms with Crippen LogP contribution in [-0.4, -0.2) is 31.2 Å². The lowest BCUT2D eigenvalue weighted by Crippen LogP contribution is -2.27. The highest BCUT2D eigenvalue weighted by atomic mass is 32.1. The fourth-order valence-corrected chi connectivity index (χ4v) is 1.56. The van der Waals surface area contributed by atoms with Crippen LogP contribution in [0.3, 0.4) is 0 Å². The largest absolute Gasteiger partial charge is 0.382 e. The molecule has 0 fully saturated rings. The first-order chi connectivity index (χ1) is 7.22. The molecule has 84 valence electrons. The molecule has 0 aliphatic heterocycles. The first kappa shape index (κ1) is 12.1. The van der Waals surface area contributed by atoms with Crippen molar-refractivity contribution in [1.29, 1.82) is 0 Å². The molecule has 0 radical (unpaired) electrons. The number of hydrogen-bond acceptors (Lipinski definition) is 5. The van der Waals surface area contributed by atoms with E-state index in [1.54, 1.807) is 7.11 Å². The van der Waals surface area contributed by atoms with Crippen LogP contribution in [0.4, 0.5) is 0 Å². The van der Waals surface area contributed by atoms with Gasteiger partial charge in [-0.05, 0) is 6.92 Å². The monoisotopic (exact) mass is 230 g/mol. The molecule has 5 nitrogen and oxygen atoms in total.